The molecule has 1 rings (SSSR count). The second kappa shape index (κ2) is 8.45. The largest absolute Gasteiger partial charge is 0.234 e. The molecule has 0 fully saturated rings. The minimum atomic E-state index is 0.164. The van der Waals surface area contributed by atoms with Crippen LogP contribution in [0.15, 0.2) is 30.3 Å². The average molecular weight is 210 g/mol. The van der Waals surface area contributed by atoms with Crippen LogP contribution < -0.4 is 0 Å². The Balaban J connectivity index is 0.000000262. The third kappa shape index (κ3) is 11.1. The molecular weight excluding hydrogens is 188 g/mol. The Hall–Kier alpha value is -0.860. The maximum Gasteiger partial charge on any atom is 0.0874 e. The van der Waals surface area contributed by atoms with E-state index in [1.807, 2.05) is 45.9 Å². The summed E-state index contributed by atoms with van der Waals surface area (Å²) in [6.45, 7) is 9.82. The molecule has 0 radical (unpaired) electrons. The third-order valence-electron chi connectivity index (χ3n) is 1.38. The quantitative estimate of drug-likeness (QED) is 0.559. The van der Waals surface area contributed by atoms with Gasteiger partial charge in [-0.25, -0.2) is 9.78 Å². The van der Waals surface area contributed by atoms with E-state index in [1.165, 1.54) is 5.56 Å². The van der Waals surface area contributed by atoms with Gasteiger partial charge in [0.25, 0.3) is 0 Å². The fraction of sp³-hybridized carbons (Fsp3) is 0.538. The van der Waals surface area contributed by atoms with Crippen LogP contribution in [0.2, 0.25) is 0 Å². The highest BCUT2D eigenvalue weighted by atomic mass is 17.2. The van der Waals surface area contributed by atoms with E-state index >= 15 is 0 Å². The van der Waals surface area contributed by atoms with Crippen molar-refractivity contribution in [1.29, 1.82) is 0 Å². The van der Waals surface area contributed by atoms with E-state index in [0.717, 1.165) is 0 Å². The van der Waals surface area contributed by atoms with Crippen LogP contribution in [0, 0.1) is 6.92 Å². The normalized spacial score (nSPS) is 10.1. The number of aryl methyl sites for hydroxylation is 1. The van der Waals surface area contributed by atoms with Gasteiger partial charge in [-0.1, -0.05) is 35.9 Å². The SMILES string of the molecule is CC(C)OOC(C)C.Cc1ccccc1. The summed E-state index contributed by atoms with van der Waals surface area (Å²) in [5, 5.41) is 0. The lowest BCUT2D eigenvalue weighted by Gasteiger charge is -2.08. The second-order valence-electron chi connectivity index (χ2n) is 3.94. The Morgan fingerprint density at radius 1 is 0.800 bits per heavy atom. The van der Waals surface area contributed by atoms with Gasteiger partial charge in [-0.05, 0) is 34.6 Å². The van der Waals surface area contributed by atoms with Gasteiger partial charge in [0.1, 0.15) is 0 Å². The maximum absolute atomic E-state index is 4.80. The van der Waals surface area contributed by atoms with Crippen LogP contribution in [0.3, 0.4) is 0 Å². The summed E-state index contributed by atoms with van der Waals surface area (Å²) in [6, 6.07) is 10.3. The van der Waals surface area contributed by atoms with E-state index in [9.17, 15) is 0 Å². The third-order valence-corrected chi connectivity index (χ3v) is 1.38. The van der Waals surface area contributed by atoms with E-state index in [0.29, 0.717) is 0 Å². The first-order chi connectivity index (χ1) is 7.02. The van der Waals surface area contributed by atoms with Crippen molar-refractivity contribution < 1.29 is 9.78 Å². The highest BCUT2D eigenvalue weighted by Gasteiger charge is 1.95. The topological polar surface area (TPSA) is 18.5 Å². The molecule has 0 aromatic heterocycles. The molecule has 0 aliphatic rings. The van der Waals surface area contributed by atoms with E-state index in [2.05, 4.69) is 19.1 Å². The molecule has 0 N–H and O–H groups in total. The van der Waals surface area contributed by atoms with Crippen molar-refractivity contribution in [3.63, 3.8) is 0 Å². The van der Waals surface area contributed by atoms with E-state index in [1.54, 1.807) is 0 Å². The van der Waals surface area contributed by atoms with Gasteiger partial charge in [0.2, 0.25) is 0 Å². The fourth-order valence-electron chi connectivity index (χ4n) is 0.757. The van der Waals surface area contributed by atoms with Gasteiger partial charge in [0.15, 0.2) is 0 Å². The molecular formula is C13H22O2. The molecule has 0 unspecified atom stereocenters. The highest BCUT2D eigenvalue weighted by molar-refractivity contribution is 5.11. The summed E-state index contributed by atoms with van der Waals surface area (Å²) in [5.74, 6) is 0. The molecule has 0 bridgehead atoms. The molecule has 0 saturated carbocycles. The van der Waals surface area contributed by atoms with Crippen LogP contribution in [-0.2, 0) is 9.78 Å². The first-order valence-corrected chi connectivity index (χ1v) is 5.36. The molecule has 86 valence electrons. The monoisotopic (exact) mass is 210 g/mol. The standard InChI is InChI=1S/C7H8.C6H14O2/c1-7-5-3-2-4-6-7;1-5(2)7-8-6(3)4/h2-6H,1H3;5-6H,1-4H3. The summed E-state index contributed by atoms with van der Waals surface area (Å²) >= 11 is 0. The predicted octanol–water partition coefficient (Wildman–Crippen LogP) is 3.75. The number of benzene rings is 1. The average Bonchev–Trinajstić information content (AvgIpc) is 2.17. The summed E-state index contributed by atoms with van der Waals surface area (Å²) in [5.41, 5.74) is 1.32. The minimum Gasteiger partial charge on any atom is -0.234 e. The molecule has 1 aromatic carbocycles. The van der Waals surface area contributed by atoms with Crippen molar-refractivity contribution in [3.8, 4) is 0 Å². The van der Waals surface area contributed by atoms with Crippen molar-refractivity contribution in [2.45, 2.75) is 46.8 Å². The lowest BCUT2D eigenvalue weighted by atomic mass is 10.2. The van der Waals surface area contributed by atoms with Crippen LogP contribution in [0.25, 0.3) is 0 Å². The zero-order valence-electron chi connectivity index (χ0n) is 10.4. The maximum atomic E-state index is 4.80. The zero-order chi connectivity index (χ0) is 11.7. The molecule has 0 atom stereocenters. The molecule has 0 heterocycles. The molecule has 0 aliphatic heterocycles. The van der Waals surface area contributed by atoms with Crippen molar-refractivity contribution in [1.82, 2.24) is 0 Å². The Labute approximate surface area is 93.1 Å². The van der Waals surface area contributed by atoms with E-state index in [-0.39, 0.29) is 12.2 Å². The van der Waals surface area contributed by atoms with Crippen molar-refractivity contribution in [2.75, 3.05) is 0 Å². The van der Waals surface area contributed by atoms with Gasteiger partial charge in [-0.2, -0.15) is 0 Å². The van der Waals surface area contributed by atoms with Gasteiger partial charge in [-0.15, -0.1) is 0 Å². The summed E-state index contributed by atoms with van der Waals surface area (Å²) in [4.78, 5) is 9.61. The van der Waals surface area contributed by atoms with Crippen LogP contribution >= 0.6 is 0 Å². The lowest BCUT2D eigenvalue weighted by Crippen LogP contribution is -2.08. The van der Waals surface area contributed by atoms with Crippen LogP contribution in [-0.4, -0.2) is 12.2 Å². The van der Waals surface area contributed by atoms with Crippen molar-refractivity contribution in [2.24, 2.45) is 0 Å². The minimum absolute atomic E-state index is 0.164. The number of rotatable bonds is 3. The lowest BCUT2D eigenvalue weighted by molar-refractivity contribution is -0.337. The Bertz CT molecular complexity index is 222. The summed E-state index contributed by atoms with van der Waals surface area (Å²) in [6.07, 6.45) is 0.329. The second-order valence-corrected chi connectivity index (χ2v) is 3.94. The van der Waals surface area contributed by atoms with E-state index in [4.69, 9.17) is 9.78 Å². The van der Waals surface area contributed by atoms with Crippen LogP contribution in [0.4, 0.5) is 0 Å². The molecule has 0 spiro atoms. The molecule has 2 heteroatoms. The summed E-state index contributed by atoms with van der Waals surface area (Å²) in [7, 11) is 0. The smallest absolute Gasteiger partial charge is 0.0874 e. The molecule has 1 aromatic rings. The number of hydrogen-bond donors (Lipinski definition) is 0. The van der Waals surface area contributed by atoms with Gasteiger partial charge in [-0.3, -0.25) is 0 Å². The van der Waals surface area contributed by atoms with Crippen molar-refractivity contribution >= 4 is 0 Å². The Morgan fingerprint density at radius 3 is 1.40 bits per heavy atom. The first kappa shape index (κ1) is 14.1. The molecule has 0 saturated heterocycles. The summed E-state index contributed by atoms with van der Waals surface area (Å²) < 4.78 is 0. The van der Waals surface area contributed by atoms with Gasteiger partial charge in [0.05, 0.1) is 12.2 Å². The number of hydrogen-bond acceptors (Lipinski definition) is 2. The fourth-order valence-corrected chi connectivity index (χ4v) is 0.757. The van der Waals surface area contributed by atoms with Crippen LogP contribution in [0.1, 0.15) is 33.3 Å². The first-order valence-electron chi connectivity index (χ1n) is 5.36. The van der Waals surface area contributed by atoms with Gasteiger partial charge >= 0.3 is 0 Å². The van der Waals surface area contributed by atoms with Gasteiger partial charge < -0.3 is 0 Å². The Morgan fingerprint density at radius 2 is 1.20 bits per heavy atom. The zero-order valence-corrected chi connectivity index (χ0v) is 10.4. The Kier molecular flexibility index (Phi) is 7.96. The molecule has 2 nitrogen and oxygen atoms in total. The predicted molar refractivity (Wildman–Crippen MR) is 63.6 cm³/mol. The van der Waals surface area contributed by atoms with E-state index < -0.39 is 0 Å². The molecule has 0 amide bonds. The molecule has 15 heavy (non-hydrogen) atoms. The van der Waals surface area contributed by atoms with Gasteiger partial charge in [0, 0.05) is 0 Å². The van der Waals surface area contributed by atoms with Crippen molar-refractivity contribution in [3.05, 3.63) is 35.9 Å². The highest BCUT2D eigenvalue weighted by Crippen LogP contribution is 1.93. The van der Waals surface area contributed by atoms with Crippen LogP contribution in [0.5, 0.6) is 0 Å². The molecule has 0 aliphatic carbocycles.